The molecule has 0 atom stereocenters. The van der Waals surface area contributed by atoms with Gasteiger partial charge in [-0.05, 0) is 49.1 Å². The molecule has 2 aromatic carbocycles. The quantitative estimate of drug-likeness (QED) is 0.505. The van der Waals surface area contributed by atoms with Gasteiger partial charge in [0.15, 0.2) is 0 Å². The molecule has 0 N–H and O–H groups in total. The molecule has 1 aliphatic rings. The van der Waals surface area contributed by atoms with E-state index in [-0.39, 0.29) is 11.9 Å². The van der Waals surface area contributed by atoms with E-state index in [4.69, 9.17) is 16.6 Å². The lowest BCUT2D eigenvalue weighted by Crippen LogP contribution is -2.39. The van der Waals surface area contributed by atoms with Crippen LogP contribution in [0, 0.1) is 0 Å². The van der Waals surface area contributed by atoms with Crippen molar-refractivity contribution >= 4 is 34.2 Å². The fourth-order valence-electron chi connectivity index (χ4n) is 3.88. The van der Waals surface area contributed by atoms with Gasteiger partial charge >= 0.3 is 0 Å². The molecule has 2 heterocycles. The zero-order valence-electron chi connectivity index (χ0n) is 17.9. The first-order valence-electron chi connectivity index (χ1n) is 10.7. The lowest BCUT2D eigenvalue weighted by molar-refractivity contribution is -0.131. The van der Waals surface area contributed by atoms with Gasteiger partial charge in [-0.3, -0.25) is 4.79 Å². The van der Waals surface area contributed by atoms with Gasteiger partial charge in [0.2, 0.25) is 11.0 Å². The smallest absolute Gasteiger partial charge is 0.224 e. The van der Waals surface area contributed by atoms with Crippen LogP contribution in [0.15, 0.2) is 48.5 Å². The topological polar surface area (TPSA) is 49.3 Å². The van der Waals surface area contributed by atoms with Crippen molar-refractivity contribution in [3.05, 3.63) is 76.1 Å². The summed E-state index contributed by atoms with van der Waals surface area (Å²) in [5, 5.41) is 1.60. The summed E-state index contributed by atoms with van der Waals surface area (Å²) < 4.78 is 4.54. The van der Waals surface area contributed by atoms with Crippen LogP contribution >= 0.6 is 23.1 Å². The largest absolute Gasteiger partial charge is 0.344 e. The molecule has 1 aliphatic heterocycles. The minimum atomic E-state index is 0.200. The first-order chi connectivity index (χ1) is 15.0. The van der Waals surface area contributed by atoms with E-state index in [1.807, 2.05) is 35.2 Å². The number of carbonyl (C=O) groups is 1. The molecule has 3 aromatic rings. The summed E-state index contributed by atoms with van der Waals surface area (Å²) in [4.78, 5) is 21.8. The normalized spacial score (nSPS) is 13.4. The summed E-state index contributed by atoms with van der Waals surface area (Å²) in [7, 11) is 0. The van der Waals surface area contributed by atoms with E-state index in [2.05, 4.69) is 41.3 Å². The van der Waals surface area contributed by atoms with Gasteiger partial charge in [-0.2, -0.15) is 4.37 Å². The molecule has 1 aromatic heterocycles. The third kappa shape index (κ3) is 5.43. The van der Waals surface area contributed by atoms with Crippen molar-refractivity contribution < 1.29 is 4.79 Å². The maximum Gasteiger partial charge on any atom is 0.224 e. The van der Waals surface area contributed by atoms with Gasteiger partial charge in [0, 0.05) is 55.1 Å². The van der Waals surface area contributed by atoms with Crippen molar-refractivity contribution in [3.63, 3.8) is 0 Å². The Bertz CT molecular complexity index is 1030. The highest BCUT2D eigenvalue weighted by atomic mass is 35.5. The number of amides is 1. The minimum Gasteiger partial charge on any atom is -0.344 e. The van der Waals surface area contributed by atoms with Gasteiger partial charge in [-0.15, -0.1) is 0 Å². The fraction of sp³-hybridized carbons (Fsp3) is 0.375. The first-order valence-corrected chi connectivity index (χ1v) is 11.8. The molecule has 0 saturated heterocycles. The number of benzene rings is 2. The van der Waals surface area contributed by atoms with Crippen molar-refractivity contribution in [1.82, 2.24) is 14.3 Å². The maximum atomic E-state index is 12.9. The Labute approximate surface area is 192 Å². The second-order valence-electron chi connectivity index (χ2n) is 8.17. The van der Waals surface area contributed by atoms with Gasteiger partial charge in [0.05, 0.1) is 0 Å². The number of rotatable bonds is 7. The number of aromatic nitrogens is 2. The van der Waals surface area contributed by atoms with Crippen molar-refractivity contribution in [2.45, 2.75) is 45.7 Å². The number of halogens is 1. The number of hydrogen-bond acceptors (Lipinski definition) is 5. The number of fused-ring (bicyclic) bond motifs is 1. The molecule has 5 nitrogen and oxygen atoms in total. The molecule has 1 amide bonds. The molecule has 0 unspecified atom stereocenters. The Morgan fingerprint density at radius 2 is 1.90 bits per heavy atom. The third-order valence-corrected chi connectivity index (χ3v) is 6.69. The summed E-state index contributed by atoms with van der Waals surface area (Å²) in [5.41, 5.74) is 3.75. The summed E-state index contributed by atoms with van der Waals surface area (Å²) in [5.74, 6) is 0.998. The van der Waals surface area contributed by atoms with Gasteiger partial charge in [0.25, 0.3) is 0 Å². The maximum absolute atomic E-state index is 12.9. The van der Waals surface area contributed by atoms with Crippen LogP contribution in [-0.2, 0) is 24.2 Å². The molecular formula is C24H27ClN4OS. The van der Waals surface area contributed by atoms with E-state index < -0.39 is 0 Å². The van der Waals surface area contributed by atoms with Crippen molar-refractivity contribution in [2.24, 2.45) is 0 Å². The Hall–Kier alpha value is -2.44. The lowest BCUT2D eigenvalue weighted by atomic mass is 10.00. The summed E-state index contributed by atoms with van der Waals surface area (Å²) >= 11 is 7.37. The van der Waals surface area contributed by atoms with Gasteiger partial charge in [0.1, 0.15) is 5.82 Å². The predicted molar refractivity (Wildman–Crippen MR) is 127 cm³/mol. The predicted octanol–water partition coefficient (Wildman–Crippen LogP) is 4.97. The average molecular weight is 455 g/mol. The average Bonchev–Trinajstić information content (AvgIpc) is 3.22. The van der Waals surface area contributed by atoms with Crippen LogP contribution in [0.2, 0.25) is 5.02 Å². The zero-order chi connectivity index (χ0) is 21.8. The van der Waals surface area contributed by atoms with E-state index in [0.29, 0.717) is 25.9 Å². The van der Waals surface area contributed by atoms with Crippen molar-refractivity contribution in [1.29, 1.82) is 0 Å². The van der Waals surface area contributed by atoms with E-state index in [1.54, 1.807) is 0 Å². The lowest BCUT2D eigenvalue weighted by Gasteiger charge is -2.31. The number of hydrogen-bond donors (Lipinski definition) is 0. The molecule has 31 heavy (non-hydrogen) atoms. The van der Waals surface area contributed by atoms with E-state index >= 15 is 0 Å². The van der Waals surface area contributed by atoms with Crippen molar-refractivity contribution in [3.8, 4) is 0 Å². The molecule has 0 spiro atoms. The van der Waals surface area contributed by atoms with Crippen LogP contribution in [0.25, 0.3) is 0 Å². The van der Waals surface area contributed by atoms with Crippen LogP contribution in [0.3, 0.4) is 0 Å². The second kappa shape index (κ2) is 9.79. The Kier molecular flexibility index (Phi) is 6.88. The highest BCUT2D eigenvalue weighted by molar-refractivity contribution is 7.09. The molecule has 0 bridgehead atoms. The monoisotopic (exact) mass is 454 g/mol. The van der Waals surface area contributed by atoms with E-state index in [9.17, 15) is 4.79 Å². The molecular weight excluding hydrogens is 428 g/mol. The Balaban J connectivity index is 1.37. The molecule has 7 heteroatoms. The number of carbonyl (C=O) groups excluding carboxylic acids is 1. The summed E-state index contributed by atoms with van der Waals surface area (Å²) in [6.45, 7) is 6.40. The molecule has 0 saturated carbocycles. The highest BCUT2D eigenvalue weighted by Gasteiger charge is 2.22. The summed E-state index contributed by atoms with van der Waals surface area (Å²) in [6.07, 6.45) is 2.08. The third-order valence-electron chi connectivity index (χ3n) is 5.65. The van der Waals surface area contributed by atoms with Crippen LogP contribution in [0.1, 0.15) is 42.8 Å². The fourth-order valence-corrected chi connectivity index (χ4v) is 4.85. The summed E-state index contributed by atoms with van der Waals surface area (Å²) in [6, 6.07) is 16.4. The van der Waals surface area contributed by atoms with Gasteiger partial charge < -0.3 is 9.80 Å². The Morgan fingerprint density at radius 3 is 2.65 bits per heavy atom. The molecule has 0 fully saturated rings. The SMILES string of the molecule is CC(C)N(CCC(=O)N1CCc2ccccc2C1)c1nc(Cc2ccc(Cl)cc2)ns1. The van der Waals surface area contributed by atoms with Crippen LogP contribution < -0.4 is 4.90 Å². The van der Waals surface area contributed by atoms with Gasteiger partial charge in [-0.25, -0.2) is 4.98 Å². The second-order valence-corrected chi connectivity index (χ2v) is 9.33. The zero-order valence-corrected chi connectivity index (χ0v) is 19.5. The molecule has 4 rings (SSSR count). The minimum absolute atomic E-state index is 0.200. The van der Waals surface area contributed by atoms with E-state index in [0.717, 1.165) is 34.5 Å². The Morgan fingerprint density at radius 1 is 1.16 bits per heavy atom. The number of anilines is 1. The standard InChI is InChI=1S/C24H27ClN4OS/c1-17(2)29(24-26-22(27-31-24)15-18-7-9-21(25)10-8-18)14-12-23(30)28-13-11-19-5-3-4-6-20(19)16-28/h3-10,17H,11-16H2,1-2H3. The van der Waals surface area contributed by atoms with E-state index in [1.165, 1.54) is 22.7 Å². The van der Waals surface area contributed by atoms with Crippen LogP contribution in [-0.4, -0.2) is 39.3 Å². The molecule has 0 radical (unpaired) electrons. The van der Waals surface area contributed by atoms with Crippen LogP contribution in [0.4, 0.5) is 5.13 Å². The number of nitrogens with zero attached hydrogens (tertiary/aromatic N) is 4. The highest BCUT2D eigenvalue weighted by Crippen LogP contribution is 2.23. The van der Waals surface area contributed by atoms with Gasteiger partial charge in [-0.1, -0.05) is 48.0 Å². The van der Waals surface area contributed by atoms with Crippen LogP contribution in [0.5, 0.6) is 0 Å². The molecule has 162 valence electrons. The van der Waals surface area contributed by atoms with Crippen molar-refractivity contribution in [2.75, 3.05) is 18.0 Å². The first kappa shape index (κ1) is 21.8. The molecule has 0 aliphatic carbocycles.